The van der Waals surface area contributed by atoms with E-state index in [0.29, 0.717) is 11.6 Å². The van der Waals surface area contributed by atoms with Crippen molar-refractivity contribution in [3.63, 3.8) is 0 Å². The van der Waals surface area contributed by atoms with Crippen LogP contribution in [0, 0.1) is 5.92 Å². The van der Waals surface area contributed by atoms with E-state index in [4.69, 9.17) is 0 Å². The van der Waals surface area contributed by atoms with Gasteiger partial charge in [0.1, 0.15) is 0 Å². The molecule has 1 N–H and O–H groups in total. The molecule has 0 radical (unpaired) electrons. The van der Waals surface area contributed by atoms with Gasteiger partial charge < -0.3 is 5.32 Å². The molecule has 2 atom stereocenters. The Kier molecular flexibility index (Phi) is 3.36. The first kappa shape index (κ1) is 11.4. The standard InChI is InChI=1S/C13H26N2/c1-11(2)10-15-9-5-7-13(15)6-4-8-14-12(13)3/h11-12,14H,4-10H2,1-3H3. The van der Waals surface area contributed by atoms with Crippen LogP contribution in [0.1, 0.15) is 46.5 Å². The highest BCUT2D eigenvalue weighted by molar-refractivity contribution is 5.04. The average molecular weight is 210 g/mol. The third-order valence-corrected chi connectivity index (χ3v) is 4.30. The molecule has 0 bridgehead atoms. The van der Waals surface area contributed by atoms with Gasteiger partial charge in [-0.25, -0.2) is 0 Å². The van der Waals surface area contributed by atoms with Crippen molar-refractivity contribution in [3.8, 4) is 0 Å². The molecule has 2 rings (SSSR count). The van der Waals surface area contributed by atoms with Crippen LogP contribution >= 0.6 is 0 Å². The fourth-order valence-electron chi connectivity index (χ4n) is 3.56. The first-order valence-electron chi connectivity index (χ1n) is 6.63. The summed E-state index contributed by atoms with van der Waals surface area (Å²) in [4.78, 5) is 2.77. The van der Waals surface area contributed by atoms with Crippen LogP contribution in [-0.2, 0) is 0 Å². The summed E-state index contributed by atoms with van der Waals surface area (Å²) in [5.41, 5.74) is 0.503. The molecular formula is C13H26N2. The van der Waals surface area contributed by atoms with Crippen molar-refractivity contribution in [2.45, 2.75) is 58.0 Å². The van der Waals surface area contributed by atoms with E-state index < -0.39 is 0 Å². The summed E-state index contributed by atoms with van der Waals surface area (Å²) in [6, 6.07) is 0.687. The molecule has 1 spiro atoms. The lowest BCUT2D eigenvalue weighted by atomic mass is 9.80. The summed E-state index contributed by atoms with van der Waals surface area (Å²) in [5.74, 6) is 0.800. The van der Waals surface area contributed by atoms with Gasteiger partial charge in [-0.1, -0.05) is 13.8 Å². The van der Waals surface area contributed by atoms with E-state index in [1.807, 2.05) is 0 Å². The van der Waals surface area contributed by atoms with Crippen molar-refractivity contribution in [1.29, 1.82) is 0 Å². The molecule has 0 amide bonds. The van der Waals surface area contributed by atoms with Crippen molar-refractivity contribution in [3.05, 3.63) is 0 Å². The van der Waals surface area contributed by atoms with Gasteiger partial charge in [-0.05, 0) is 51.6 Å². The minimum atomic E-state index is 0.503. The third kappa shape index (κ3) is 2.07. The van der Waals surface area contributed by atoms with Crippen molar-refractivity contribution in [1.82, 2.24) is 10.2 Å². The van der Waals surface area contributed by atoms with E-state index in [1.54, 1.807) is 0 Å². The highest BCUT2D eigenvalue weighted by Crippen LogP contribution is 2.38. The van der Waals surface area contributed by atoms with Gasteiger partial charge in [0.25, 0.3) is 0 Å². The van der Waals surface area contributed by atoms with Crippen molar-refractivity contribution in [2.75, 3.05) is 19.6 Å². The molecule has 2 saturated heterocycles. The zero-order valence-corrected chi connectivity index (χ0v) is 10.6. The number of hydrogen-bond acceptors (Lipinski definition) is 2. The maximum Gasteiger partial charge on any atom is 0.0360 e. The van der Waals surface area contributed by atoms with Gasteiger partial charge in [-0.15, -0.1) is 0 Å². The Hall–Kier alpha value is -0.0800. The fourth-order valence-corrected chi connectivity index (χ4v) is 3.56. The lowest BCUT2D eigenvalue weighted by molar-refractivity contribution is 0.0585. The van der Waals surface area contributed by atoms with E-state index in [9.17, 15) is 0 Å². The summed E-state index contributed by atoms with van der Waals surface area (Å²) in [5, 5.41) is 3.68. The molecule has 15 heavy (non-hydrogen) atoms. The first-order valence-corrected chi connectivity index (χ1v) is 6.63. The summed E-state index contributed by atoms with van der Waals surface area (Å²) < 4.78 is 0. The summed E-state index contributed by atoms with van der Waals surface area (Å²) in [6.07, 6.45) is 5.58. The van der Waals surface area contributed by atoms with Crippen LogP contribution in [0.3, 0.4) is 0 Å². The Morgan fingerprint density at radius 2 is 2.07 bits per heavy atom. The maximum atomic E-state index is 3.68. The maximum absolute atomic E-state index is 3.68. The molecule has 0 aromatic heterocycles. The average Bonchev–Trinajstić information content (AvgIpc) is 2.55. The lowest BCUT2D eigenvalue weighted by Gasteiger charge is -2.47. The molecule has 2 unspecified atom stereocenters. The molecule has 2 aliphatic heterocycles. The molecule has 0 aliphatic carbocycles. The van der Waals surface area contributed by atoms with Crippen LogP contribution in [0.5, 0.6) is 0 Å². The molecule has 0 aromatic carbocycles. The van der Waals surface area contributed by atoms with Crippen LogP contribution in [0.25, 0.3) is 0 Å². The second-order valence-electron chi connectivity index (χ2n) is 5.83. The Balaban J connectivity index is 2.09. The number of nitrogens with zero attached hydrogens (tertiary/aromatic N) is 1. The van der Waals surface area contributed by atoms with Gasteiger partial charge in [0, 0.05) is 18.1 Å². The van der Waals surface area contributed by atoms with Crippen molar-refractivity contribution in [2.24, 2.45) is 5.92 Å². The van der Waals surface area contributed by atoms with Crippen LogP contribution in [0.2, 0.25) is 0 Å². The zero-order valence-electron chi connectivity index (χ0n) is 10.6. The normalized spacial score (nSPS) is 38.0. The molecule has 2 fully saturated rings. The van der Waals surface area contributed by atoms with Gasteiger partial charge in [-0.2, -0.15) is 0 Å². The number of nitrogens with one attached hydrogen (secondary N) is 1. The quantitative estimate of drug-likeness (QED) is 0.752. The number of hydrogen-bond donors (Lipinski definition) is 1. The highest BCUT2D eigenvalue weighted by atomic mass is 15.3. The molecule has 2 heteroatoms. The predicted molar refractivity (Wildman–Crippen MR) is 65.1 cm³/mol. The highest BCUT2D eigenvalue weighted by Gasteiger charge is 2.45. The van der Waals surface area contributed by atoms with E-state index >= 15 is 0 Å². The lowest BCUT2D eigenvalue weighted by Crippen LogP contribution is -2.60. The predicted octanol–water partition coefficient (Wildman–Crippen LogP) is 2.25. The first-order chi connectivity index (χ1) is 7.15. The second-order valence-corrected chi connectivity index (χ2v) is 5.83. The Morgan fingerprint density at radius 3 is 2.73 bits per heavy atom. The Morgan fingerprint density at radius 1 is 1.33 bits per heavy atom. The Labute approximate surface area is 94.4 Å². The zero-order chi connectivity index (χ0) is 10.9. The van der Waals surface area contributed by atoms with Crippen molar-refractivity contribution >= 4 is 0 Å². The molecule has 2 heterocycles. The van der Waals surface area contributed by atoms with E-state index in [1.165, 1.54) is 45.3 Å². The van der Waals surface area contributed by atoms with E-state index in [-0.39, 0.29) is 0 Å². The number of rotatable bonds is 2. The van der Waals surface area contributed by atoms with E-state index in [2.05, 4.69) is 31.0 Å². The minimum Gasteiger partial charge on any atom is -0.312 e. The third-order valence-electron chi connectivity index (χ3n) is 4.30. The largest absolute Gasteiger partial charge is 0.312 e. The van der Waals surface area contributed by atoms with Crippen LogP contribution < -0.4 is 5.32 Å². The Bertz CT molecular complexity index is 215. The van der Waals surface area contributed by atoms with Crippen LogP contribution in [0.4, 0.5) is 0 Å². The van der Waals surface area contributed by atoms with Gasteiger partial charge in [0.2, 0.25) is 0 Å². The fraction of sp³-hybridized carbons (Fsp3) is 1.00. The van der Waals surface area contributed by atoms with Gasteiger partial charge in [-0.3, -0.25) is 4.90 Å². The topological polar surface area (TPSA) is 15.3 Å². The monoisotopic (exact) mass is 210 g/mol. The minimum absolute atomic E-state index is 0.503. The molecule has 0 aromatic rings. The molecule has 88 valence electrons. The SMILES string of the molecule is CC(C)CN1CCCC12CCCNC2C. The van der Waals surface area contributed by atoms with Gasteiger partial charge in [0.05, 0.1) is 0 Å². The van der Waals surface area contributed by atoms with Crippen molar-refractivity contribution < 1.29 is 0 Å². The van der Waals surface area contributed by atoms with Crippen LogP contribution in [0.15, 0.2) is 0 Å². The smallest absolute Gasteiger partial charge is 0.0360 e. The number of likely N-dealkylation sites (tertiary alicyclic amines) is 1. The molecule has 2 aliphatic rings. The van der Waals surface area contributed by atoms with Gasteiger partial charge in [0.15, 0.2) is 0 Å². The van der Waals surface area contributed by atoms with Gasteiger partial charge >= 0.3 is 0 Å². The molecule has 0 saturated carbocycles. The molecule has 2 nitrogen and oxygen atoms in total. The summed E-state index contributed by atoms with van der Waals surface area (Å²) in [7, 11) is 0. The summed E-state index contributed by atoms with van der Waals surface area (Å²) >= 11 is 0. The number of piperidine rings is 1. The summed E-state index contributed by atoms with van der Waals surface area (Å²) in [6.45, 7) is 10.9. The second kappa shape index (κ2) is 4.42. The van der Waals surface area contributed by atoms with Crippen LogP contribution in [-0.4, -0.2) is 36.1 Å². The molecular weight excluding hydrogens is 184 g/mol. The van der Waals surface area contributed by atoms with E-state index in [0.717, 1.165) is 5.92 Å².